The minimum absolute atomic E-state index is 0.909. The molecule has 0 aliphatic rings. The Hall–Kier alpha value is -1.90. The van der Waals surface area contributed by atoms with E-state index in [2.05, 4.69) is 22.2 Å². The van der Waals surface area contributed by atoms with E-state index in [-0.39, 0.29) is 0 Å². The smallest absolute Gasteiger partial charge is 0.0906 e. The molecule has 1 N–H and O–H groups in total. The summed E-state index contributed by atoms with van der Waals surface area (Å²) in [6.07, 6.45) is 5.99. The van der Waals surface area contributed by atoms with Crippen LogP contribution in [0.4, 0.5) is 5.69 Å². The van der Waals surface area contributed by atoms with E-state index in [0.717, 1.165) is 23.6 Å². The van der Waals surface area contributed by atoms with E-state index < -0.39 is 0 Å². The Morgan fingerprint density at radius 1 is 1.06 bits per heavy atom. The van der Waals surface area contributed by atoms with Crippen LogP contribution in [-0.2, 0) is 0 Å². The van der Waals surface area contributed by atoms with Crippen LogP contribution in [-0.4, -0.2) is 16.5 Å². The number of unbranched alkanes of at least 4 members (excludes halogenated alkanes) is 1. The molecule has 2 aromatic rings. The molecule has 0 fully saturated rings. The average Bonchev–Trinajstić information content (AvgIpc) is 2.41. The van der Waals surface area contributed by atoms with Crippen molar-refractivity contribution >= 4 is 5.69 Å². The molecule has 0 saturated heterocycles. The second kappa shape index (κ2) is 5.99. The van der Waals surface area contributed by atoms with Gasteiger partial charge in [-0.25, -0.2) is 0 Å². The van der Waals surface area contributed by atoms with Crippen LogP contribution in [0.1, 0.15) is 19.8 Å². The Morgan fingerprint density at radius 2 is 1.94 bits per heavy atom. The lowest BCUT2D eigenvalue weighted by Gasteiger charge is -2.06. The standard InChI is InChI=1S/C14H17N3/c1-2-3-8-15-12-7-10-17-14(11-12)13-6-4-5-9-16-13/h4-7,9-11H,2-3,8H2,1H3,(H,15,17). The summed E-state index contributed by atoms with van der Waals surface area (Å²) in [6.45, 7) is 3.19. The second-order valence-electron chi connectivity index (χ2n) is 3.93. The molecule has 88 valence electrons. The van der Waals surface area contributed by atoms with E-state index in [9.17, 15) is 0 Å². The largest absolute Gasteiger partial charge is 0.385 e. The summed E-state index contributed by atoms with van der Waals surface area (Å²) in [6, 6.07) is 9.88. The number of pyridine rings is 2. The van der Waals surface area contributed by atoms with Crippen molar-refractivity contribution < 1.29 is 0 Å². The minimum Gasteiger partial charge on any atom is -0.385 e. The minimum atomic E-state index is 0.909. The molecular weight excluding hydrogens is 210 g/mol. The summed E-state index contributed by atoms with van der Waals surface area (Å²) in [4.78, 5) is 8.63. The summed E-state index contributed by atoms with van der Waals surface area (Å²) in [5, 5.41) is 3.39. The summed E-state index contributed by atoms with van der Waals surface area (Å²) in [5.41, 5.74) is 2.92. The highest BCUT2D eigenvalue weighted by Crippen LogP contribution is 2.17. The van der Waals surface area contributed by atoms with Gasteiger partial charge in [0.25, 0.3) is 0 Å². The fourth-order valence-electron chi connectivity index (χ4n) is 1.60. The predicted molar refractivity (Wildman–Crippen MR) is 70.9 cm³/mol. The van der Waals surface area contributed by atoms with Crippen LogP contribution in [0.5, 0.6) is 0 Å². The highest BCUT2D eigenvalue weighted by molar-refractivity contribution is 5.60. The molecule has 2 heterocycles. The topological polar surface area (TPSA) is 37.8 Å². The number of rotatable bonds is 5. The third-order valence-electron chi connectivity index (χ3n) is 2.55. The fourth-order valence-corrected chi connectivity index (χ4v) is 1.60. The summed E-state index contributed by atoms with van der Waals surface area (Å²) in [5.74, 6) is 0. The quantitative estimate of drug-likeness (QED) is 0.796. The molecule has 2 aromatic heterocycles. The van der Waals surface area contributed by atoms with Crippen molar-refractivity contribution in [1.82, 2.24) is 9.97 Å². The highest BCUT2D eigenvalue weighted by Gasteiger charge is 2.00. The van der Waals surface area contributed by atoms with Crippen LogP contribution in [0, 0.1) is 0 Å². The zero-order valence-electron chi connectivity index (χ0n) is 10.1. The van der Waals surface area contributed by atoms with Gasteiger partial charge in [-0.05, 0) is 30.7 Å². The van der Waals surface area contributed by atoms with E-state index in [1.54, 1.807) is 6.20 Å². The van der Waals surface area contributed by atoms with E-state index in [0.29, 0.717) is 0 Å². The van der Waals surface area contributed by atoms with Gasteiger partial charge in [0, 0.05) is 24.6 Å². The number of nitrogens with one attached hydrogen (secondary N) is 1. The molecule has 0 aliphatic heterocycles. The number of hydrogen-bond acceptors (Lipinski definition) is 3. The summed E-state index contributed by atoms with van der Waals surface area (Å²) < 4.78 is 0. The third-order valence-corrected chi connectivity index (χ3v) is 2.55. The highest BCUT2D eigenvalue weighted by atomic mass is 14.9. The normalized spacial score (nSPS) is 10.2. The molecule has 0 aromatic carbocycles. The van der Waals surface area contributed by atoms with Gasteiger partial charge in [-0.1, -0.05) is 19.4 Å². The first-order valence-corrected chi connectivity index (χ1v) is 6.01. The molecule has 2 rings (SSSR count). The van der Waals surface area contributed by atoms with Crippen LogP contribution >= 0.6 is 0 Å². The first kappa shape index (κ1) is 11.6. The Kier molecular flexibility index (Phi) is 4.08. The Bertz CT molecular complexity index is 454. The number of anilines is 1. The van der Waals surface area contributed by atoms with E-state index >= 15 is 0 Å². The van der Waals surface area contributed by atoms with Crippen molar-refractivity contribution in [2.75, 3.05) is 11.9 Å². The van der Waals surface area contributed by atoms with Crippen molar-refractivity contribution in [3.05, 3.63) is 42.7 Å². The van der Waals surface area contributed by atoms with Gasteiger partial charge >= 0.3 is 0 Å². The van der Waals surface area contributed by atoms with Gasteiger partial charge in [-0.2, -0.15) is 0 Å². The van der Waals surface area contributed by atoms with E-state index in [1.807, 2.05) is 36.5 Å². The van der Waals surface area contributed by atoms with Crippen LogP contribution < -0.4 is 5.32 Å². The zero-order chi connectivity index (χ0) is 11.9. The molecule has 0 aliphatic carbocycles. The van der Waals surface area contributed by atoms with Crippen LogP contribution in [0.15, 0.2) is 42.7 Å². The zero-order valence-corrected chi connectivity index (χ0v) is 10.1. The first-order chi connectivity index (χ1) is 8.40. The third kappa shape index (κ3) is 3.28. The first-order valence-electron chi connectivity index (χ1n) is 6.01. The molecule has 0 atom stereocenters. The van der Waals surface area contributed by atoms with Crippen molar-refractivity contribution in [1.29, 1.82) is 0 Å². The van der Waals surface area contributed by atoms with E-state index in [1.165, 1.54) is 12.8 Å². The molecule has 0 radical (unpaired) electrons. The van der Waals surface area contributed by atoms with Gasteiger partial charge in [0.05, 0.1) is 11.4 Å². The van der Waals surface area contributed by atoms with Crippen molar-refractivity contribution in [3.8, 4) is 11.4 Å². The molecule has 17 heavy (non-hydrogen) atoms. The Balaban J connectivity index is 2.12. The number of aromatic nitrogens is 2. The van der Waals surface area contributed by atoms with Crippen LogP contribution in [0.3, 0.4) is 0 Å². The molecular formula is C14H17N3. The monoisotopic (exact) mass is 227 g/mol. The molecule has 0 amide bonds. The molecule has 0 saturated carbocycles. The lowest BCUT2D eigenvalue weighted by Crippen LogP contribution is -2.01. The predicted octanol–water partition coefficient (Wildman–Crippen LogP) is 3.36. The lowest BCUT2D eigenvalue weighted by atomic mass is 10.2. The SMILES string of the molecule is CCCCNc1ccnc(-c2ccccn2)c1. The van der Waals surface area contributed by atoms with Crippen molar-refractivity contribution in [3.63, 3.8) is 0 Å². The van der Waals surface area contributed by atoms with Gasteiger partial charge < -0.3 is 5.32 Å². The molecule has 3 heteroatoms. The van der Waals surface area contributed by atoms with E-state index in [4.69, 9.17) is 0 Å². The van der Waals surface area contributed by atoms with Crippen molar-refractivity contribution in [2.45, 2.75) is 19.8 Å². The van der Waals surface area contributed by atoms with Gasteiger partial charge in [-0.3, -0.25) is 9.97 Å². The lowest BCUT2D eigenvalue weighted by molar-refractivity contribution is 0.834. The van der Waals surface area contributed by atoms with Gasteiger partial charge in [0.2, 0.25) is 0 Å². The molecule has 0 bridgehead atoms. The maximum absolute atomic E-state index is 4.34. The van der Waals surface area contributed by atoms with Crippen molar-refractivity contribution in [2.24, 2.45) is 0 Å². The summed E-state index contributed by atoms with van der Waals surface area (Å²) in [7, 11) is 0. The molecule has 0 unspecified atom stereocenters. The maximum atomic E-state index is 4.34. The Morgan fingerprint density at radius 3 is 2.71 bits per heavy atom. The van der Waals surface area contributed by atoms with Crippen LogP contribution in [0.2, 0.25) is 0 Å². The van der Waals surface area contributed by atoms with Gasteiger partial charge in [-0.15, -0.1) is 0 Å². The maximum Gasteiger partial charge on any atom is 0.0906 e. The molecule has 0 spiro atoms. The average molecular weight is 227 g/mol. The molecule has 3 nitrogen and oxygen atoms in total. The van der Waals surface area contributed by atoms with Crippen LogP contribution in [0.25, 0.3) is 11.4 Å². The summed E-state index contributed by atoms with van der Waals surface area (Å²) >= 11 is 0. The number of hydrogen-bond donors (Lipinski definition) is 1. The van der Waals surface area contributed by atoms with Gasteiger partial charge in [0.1, 0.15) is 0 Å². The number of nitrogens with zero attached hydrogens (tertiary/aromatic N) is 2. The van der Waals surface area contributed by atoms with Gasteiger partial charge in [0.15, 0.2) is 0 Å². The fraction of sp³-hybridized carbons (Fsp3) is 0.286. The second-order valence-corrected chi connectivity index (χ2v) is 3.93. The Labute approximate surface area is 102 Å².